The summed E-state index contributed by atoms with van der Waals surface area (Å²) in [5.41, 5.74) is 0. The Bertz CT molecular complexity index is 250. The highest BCUT2D eigenvalue weighted by atomic mass is 16.3. The molecular formula is C10H15NO. The van der Waals surface area contributed by atoms with Crippen LogP contribution in [0.3, 0.4) is 0 Å². The van der Waals surface area contributed by atoms with Gasteiger partial charge in [0.2, 0.25) is 0 Å². The molecule has 1 saturated heterocycles. The largest absolute Gasteiger partial charge is 0.465 e. The second-order valence-electron chi connectivity index (χ2n) is 3.35. The molecular weight excluding hydrogens is 150 g/mol. The molecule has 2 heteroatoms. The van der Waals surface area contributed by atoms with E-state index < -0.39 is 0 Å². The predicted molar refractivity (Wildman–Crippen MR) is 48.0 cm³/mol. The Morgan fingerprint density at radius 2 is 2.08 bits per heavy atom. The van der Waals surface area contributed by atoms with Gasteiger partial charge in [0, 0.05) is 6.42 Å². The van der Waals surface area contributed by atoms with E-state index in [9.17, 15) is 0 Å². The molecule has 12 heavy (non-hydrogen) atoms. The highest BCUT2D eigenvalue weighted by Crippen LogP contribution is 2.14. The summed E-state index contributed by atoms with van der Waals surface area (Å²) in [6, 6.07) is 4.17. The molecule has 0 atom stereocenters. The Kier molecular flexibility index (Phi) is 2.17. The second kappa shape index (κ2) is 3.31. The average molecular weight is 165 g/mol. The van der Waals surface area contributed by atoms with Crippen LogP contribution in [0.5, 0.6) is 0 Å². The summed E-state index contributed by atoms with van der Waals surface area (Å²) < 4.78 is 5.60. The first kappa shape index (κ1) is 7.87. The van der Waals surface area contributed by atoms with E-state index in [0.717, 1.165) is 24.5 Å². The van der Waals surface area contributed by atoms with Gasteiger partial charge in [-0.25, -0.2) is 0 Å². The summed E-state index contributed by atoms with van der Waals surface area (Å²) in [5.74, 6) is 2.22. The third kappa shape index (κ3) is 1.53. The molecule has 2 heterocycles. The van der Waals surface area contributed by atoms with Crippen LogP contribution in [0.15, 0.2) is 16.5 Å². The van der Waals surface area contributed by atoms with Crippen molar-refractivity contribution in [2.45, 2.75) is 26.3 Å². The zero-order valence-electron chi connectivity index (χ0n) is 7.55. The molecule has 0 radical (unpaired) electrons. The minimum atomic E-state index is 1.00. The van der Waals surface area contributed by atoms with Crippen LogP contribution in [-0.4, -0.2) is 18.0 Å². The number of hydrogen-bond donors (Lipinski definition) is 0. The number of rotatable bonds is 3. The first-order valence-electron chi connectivity index (χ1n) is 4.68. The topological polar surface area (TPSA) is 16.4 Å². The quantitative estimate of drug-likeness (QED) is 0.681. The zero-order valence-corrected chi connectivity index (χ0v) is 7.55. The van der Waals surface area contributed by atoms with Gasteiger partial charge in [0.15, 0.2) is 0 Å². The molecule has 0 unspecified atom stereocenters. The van der Waals surface area contributed by atoms with Gasteiger partial charge in [0.1, 0.15) is 11.5 Å². The van der Waals surface area contributed by atoms with E-state index in [4.69, 9.17) is 4.42 Å². The zero-order chi connectivity index (χ0) is 8.39. The summed E-state index contributed by atoms with van der Waals surface area (Å²) >= 11 is 0. The number of furan rings is 1. The van der Waals surface area contributed by atoms with Crippen molar-refractivity contribution in [1.29, 1.82) is 0 Å². The first-order chi connectivity index (χ1) is 5.88. The molecule has 66 valence electrons. The van der Waals surface area contributed by atoms with Gasteiger partial charge in [-0.3, -0.25) is 4.90 Å². The molecule has 0 N–H and O–H groups in total. The molecule has 1 aliphatic heterocycles. The molecule has 1 aliphatic rings. The lowest BCUT2D eigenvalue weighted by atomic mass is 10.2. The van der Waals surface area contributed by atoms with E-state index in [0.29, 0.717) is 0 Å². The van der Waals surface area contributed by atoms with E-state index >= 15 is 0 Å². The van der Waals surface area contributed by atoms with Gasteiger partial charge < -0.3 is 4.42 Å². The van der Waals surface area contributed by atoms with Gasteiger partial charge in [-0.2, -0.15) is 0 Å². The fourth-order valence-corrected chi connectivity index (χ4v) is 1.46. The summed E-state index contributed by atoms with van der Waals surface area (Å²) in [6.45, 7) is 5.59. The minimum Gasteiger partial charge on any atom is -0.465 e. The number of nitrogens with zero attached hydrogens (tertiary/aromatic N) is 1. The molecule has 2 rings (SSSR count). The Labute approximate surface area is 73.2 Å². The van der Waals surface area contributed by atoms with Crippen molar-refractivity contribution in [2.24, 2.45) is 0 Å². The van der Waals surface area contributed by atoms with Crippen molar-refractivity contribution >= 4 is 0 Å². The summed E-state index contributed by atoms with van der Waals surface area (Å²) in [7, 11) is 0. The van der Waals surface area contributed by atoms with Crippen LogP contribution in [0.1, 0.15) is 24.9 Å². The monoisotopic (exact) mass is 165 g/mol. The van der Waals surface area contributed by atoms with Gasteiger partial charge >= 0.3 is 0 Å². The molecule has 0 bridgehead atoms. The number of hydrogen-bond acceptors (Lipinski definition) is 2. The molecule has 0 aliphatic carbocycles. The number of aryl methyl sites for hydroxylation is 1. The van der Waals surface area contributed by atoms with Gasteiger partial charge in [0.25, 0.3) is 0 Å². The lowest BCUT2D eigenvalue weighted by Crippen LogP contribution is -2.36. The lowest BCUT2D eigenvalue weighted by Gasteiger charge is -2.29. The Balaban J connectivity index is 1.93. The van der Waals surface area contributed by atoms with Crippen molar-refractivity contribution in [1.82, 2.24) is 4.90 Å². The van der Waals surface area contributed by atoms with Gasteiger partial charge in [-0.1, -0.05) is 6.92 Å². The molecule has 0 saturated carbocycles. The van der Waals surface area contributed by atoms with Gasteiger partial charge in [-0.05, 0) is 31.6 Å². The third-order valence-corrected chi connectivity index (χ3v) is 2.39. The molecule has 2 nitrogen and oxygen atoms in total. The van der Waals surface area contributed by atoms with E-state index in [2.05, 4.69) is 24.0 Å². The van der Waals surface area contributed by atoms with E-state index in [1.165, 1.54) is 19.5 Å². The fourth-order valence-electron chi connectivity index (χ4n) is 1.46. The SMILES string of the molecule is CCc1ccc(CN2CCC2)o1. The standard InChI is InChI=1S/C10H15NO/c1-2-9-4-5-10(12-9)8-11-6-3-7-11/h4-5H,2-3,6-8H2,1H3. The smallest absolute Gasteiger partial charge is 0.118 e. The normalized spacial score (nSPS) is 17.8. The van der Waals surface area contributed by atoms with Gasteiger partial charge in [0.05, 0.1) is 6.54 Å². The van der Waals surface area contributed by atoms with Crippen molar-refractivity contribution in [3.63, 3.8) is 0 Å². The van der Waals surface area contributed by atoms with Crippen LogP contribution in [0.4, 0.5) is 0 Å². The summed E-state index contributed by atoms with van der Waals surface area (Å²) in [5, 5.41) is 0. The van der Waals surface area contributed by atoms with E-state index in [1.54, 1.807) is 0 Å². The Morgan fingerprint density at radius 3 is 2.58 bits per heavy atom. The summed E-state index contributed by atoms with van der Waals surface area (Å²) in [6.07, 6.45) is 2.35. The van der Waals surface area contributed by atoms with Crippen LogP contribution in [0, 0.1) is 0 Å². The van der Waals surface area contributed by atoms with Crippen LogP contribution < -0.4 is 0 Å². The van der Waals surface area contributed by atoms with Crippen LogP contribution >= 0.6 is 0 Å². The van der Waals surface area contributed by atoms with E-state index in [1.807, 2.05) is 0 Å². The maximum atomic E-state index is 5.60. The second-order valence-corrected chi connectivity index (χ2v) is 3.35. The van der Waals surface area contributed by atoms with Crippen LogP contribution in [0.25, 0.3) is 0 Å². The highest BCUT2D eigenvalue weighted by molar-refractivity contribution is 5.07. The summed E-state index contributed by atoms with van der Waals surface area (Å²) in [4.78, 5) is 2.40. The third-order valence-electron chi connectivity index (χ3n) is 2.39. The predicted octanol–water partition coefficient (Wildman–Crippen LogP) is 2.05. The van der Waals surface area contributed by atoms with E-state index in [-0.39, 0.29) is 0 Å². The Morgan fingerprint density at radius 1 is 1.33 bits per heavy atom. The first-order valence-corrected chi connectivity index (χ1v) is 4.68. The highest BCUT2D eigenvalue weighted by Gasteiger charge is 2.15. The molecule has 1 aromatic rings. The average Bonchev–Trinajstić information content (AvgIpc) is 2.44. The van der Waals surface area contributed by atoms with Crippen molar-refractivity contribution in [3.8, 4) is 0 Å². The molecule has 0 aromatic carbocycles. The van der Waals surface area contributed by atoms with Crippen molar-refractivity contribution in [3.05, 3.63) is 23.7 Å². The van der Waals surface area contributed by atoms with Crippen molar-refractivity contribution < 1.29 is 4.42 Å². The molecule has 0 amide bonds. The molecule has 1 aromatic heterocycles. The van der Waals surface area contributed by atoms with Crippen molar-refractivity contribution in [2.75, 3.05) is 13.1 Å². The molecule has 1 fully saturated rings. The maximum absolute atomic E-state index is 5.60. The lowest BCUT2D eigenvalue weighted by molar-refractivity contribution is 0.158. The maximum Gasteiger partial charge on any atom is 0.118 e. The van der Waals surface area contributed by atoms with Crippen LogP contribution in [-0.2, 0) is 13.0 Å². The Hall–Kier alpha value is -0.760. The molecule has 0 spiro atoms. The number of likely N-dealkylation sites (tertiary alicyclic amines) is 1. The fraction of sp³-hybridized carbons (Fsp3) is 0.600. The minimum absolute atomic E-state index is 1.00. The van der Waals surface area contributed by atoms with Crippen LogP contribution in [0.2, 0.25) is 0 Å². The van der Waals surface area contributed by atoms with Gasteiger partial charge in [-0.15, -0.1) is 0 Å².